The Hall–Kier alpha value is -4.29. The molecule has 0 bridgehead atoms. The van der Waals surface area contributed by atoms with Gasteiger partial charge in [-0.05, 0) is 22.4 Å². The van der Waals surface area contributed by atoms with Crippen LogP contribution in [0.4, 0.5) is 11.4 Å². The highest BCUT2D eigenvalue weighted by atomic mass is 16.6. The third-order valence-corrected chi connectivity index (χ3v) is 4.76. The van der Waals surface area contributed by atoms with Crippen molar-refractivity contribution >= 4 is 55.0 Å². The smallest absolute Gasteiger partial charge is 0.258 e. The van der Waals surface area contributed by atoms with Crippen molar-refractivity contribution in [2.45, 2.75) is 0 Å². The summed E-state index contributed by atoms with van der Waals surface area (Å²) in [6.07, 6.45) is 0. The van der Waals surface area contributed by atoms with E-state index < -0.39 is 4.92 Å². The van der Waals surface area contributed by atoms with Gasteiger partial charge in [0.25, 0.3) is 5.69 Å². The Bertz CT molecular complexity index is 1410. The summed E-state index contributed by atoms with van der Waals surface area (Å²) in [6.45, 7) is 0. The third-order valence-electron chi connectivity index (χ3n) is 4.76. The van der Waals surface area contributed by atoms with E-state index in [-0.39, 0.29) is 11.4 Å². The molecule has 5 aromatic rings. The molecule has 28 heavy (non-hydrogen) atoms. The molecule has 0 spiro atoms. The van der Waals surface area contributed by atoms with Crippen molar-refractivity contribution in [2.24, 2.45) is 5.11 Å². The van der Waals surface area contributed by atoms with E-state index in [2.05, 4.69) is 10.0 Å². The molecule has 0 aliphatic carbocycles. The van der Waals surface area contributed by atoms with Gasteiger partial charge in [0.05, 0.1) is 27.0 Å². The minimum atomic E-state index is -0.589. The highest BCUT2D eigenvalue weighted by Gasteiger charge is 2.18. The second kappa shape index (κ2) is 5.87. The predicted molar refractivity (Wildman–Crippen MR) is 108 cm³/mol. The first kappa shape index (κ1) is 15.9. The van der Waals surface area contributed by atoms with Gasteiger partial charge in [0.15, 0.2) is 0 Å². The third kappa shape index (κ3) is 2.22. The summed E-state index contributed by atoms with van der Waals surface area (Å²) in [5, 5.41) is 18.8. The molecular formula is C20H10N6O2. The fraction of sp³-hybridized carbons (Fsp3) is 0. The first-order valence-electron chi connectivity index (χ1n) is 8.42. The fourth-order valence-corrected chi connectivity index (χ4v) is 3.58. The van der Waals surface area contributed by atoms with Gasteiger partial charge in [-0.1, -0.05) is 53.6 Å². The van der Waals surface area contributed by atoms with Crippen LogP contribution >= 0.6 is 0 Å². The van der Waals surface area contributed by atoms with Crippen molar-refractivity contribution in [3.63, 3.8) is 0 Å². The average Bonchev–Trinajstić information content (AvgIpc) is 2.72. The number of nitro benzene ring substituents is 1. The molecule has 0 unspecified atom stereocenters. The van der Waals surface area contributed by atoms with Gasteiger partial charge in [-0.2, -0.15) is 0 Å². The van der Waals surface area contributed by atoms with E-state index in [1.54, 1.807) is 0 Å². The van der Waals surface area contributed by atoms with E-state index >= 15 is 0 Å². The van der Waals surface area contributed by atoms with Gasteiger partial charge in [0.1, 0.15) is 5.69 Å². The maximum absolute atomic E-state index is 11.4. The number of hydrogen-bond acceptors (Lipinski definition) is 5. The Morgan fingerprint density at radius 3 is 1.86 bits per heavy atom. The fourth-order valence-electron chi connectivity index (χ4n) is 3.58. The van der Waals surface area contributed by atoms with Crippen LogP contribution in [-0.2, 0) is 0 Å². The predicted octanol–water partition coefficient (Wildman–Crippen LogP) is 5.94. The van der Waals surface area contributed by atoms with Gasteiger partial charge in [0, 0.05) is 21.8 Å². The van der Waals surface area contributed by atoms with Crippen LogP contribution in [0, 0.1) is 10.1 Å². The number of hydrogen-bond donors (Lipinski definition) is 0. The number of azide groups is 1. The standard InChI is InChI=1S/C20H10N6O2/c21-25-24-17-9-15-16(10-18(17)26(27)28)23-20-14-8-4-2-6-12(14)11-5-1-3-7-13(11)19(20)22-15/h1-10H. The maximum Gasteiger partial charge on any atom is 0.281 e. The molecule has 132 valence electrons. The van der Waals surface area contributed by atoms with Crippen molar-refractivity contribution in [1.82, 2.24) is 9.97 Å². The molecule has 0 aliphatic heterocycles. The van der Waals surface area contributed by atoms with Crippen molar-refractivity contribution in [2.75, 3.05) is 0 Å². The van der Waals surface area contributed by atoms with Crippen molar-refractivity contribution < 1.29 is 4.92 Å². The monoisotopic (exact) mass is 366 g/mol. The molecule has 0 saturated heterocycles. The van der Waals surface area contributed by atoms with Crippen molar-refractivity contribution in [3.8, 4) is 0 Å². The first-order valence-corrected chi connectivity index (χ1v) is 8.42. The summed E-state index contributed by atoms with van der Waals surface area (Å²) in [5.41, 5.74) is 10.5. The second-order valence-corrected chi connectivity index (χ2v) is 6.29. The molecule has 0 saturated carbocycles. The molecule has 1 aromatic heterocycles. The first-order chi connectivity index (χ1) is 13.7. The van der Waals surface area contributed by atoms with Gasteiger partial charge < -0.3 is 0 Å². The highest BCUT2D eigenvalue weighted by Crippen LogP contribution is 2.36. The number of fused-ring (bicyclic) bond motifs is 7. The van der Waals surface area contributed by atoms with E-state index in [1.165, 1.54) is 12.1 Å². The molecule has 0 amide bonds. The summed E-state index contributed by atoms with van der Waals surface area (Å²) in [4.78, 5) is 22.9. The van der Waals surface area contributed by atoms with Crippen LogP contribution in [0.25, 0.3) is 54.1 Å². The van der Waals surface area contributed by atoms with Crippen LogP contribution in [0.5, 0.6) is 0 Å². The molecule has 0 fully saturated rings. The van der Waals surface area contributed by atoms with Gasteiger partial charge in [-0.15, -0.1) is 0 Å². The summed E-state index contributed by atoms with van der Waals surface area (Å²) in [6, 6.07) is 18.5. The SMILES string of the molecule is [N-]=[N+]=Nc1cc2nc3c4ccccc4c4ccccc4c3nc2cc1[N+](=O)[O-]. The minimum absolute atomic E-state index is 0.0845. The van der Waals surface area contributed by atoms with Gasteiger partial charge in [-0.3, -0.25) is 10.1 Å². The molecule has 5 rings (SSSR count). The lowest BCUT2D eigenvalue weighted by atomic mass is 9.99. The molecule has 8 nitrogen and oxygen atoms in total. The van der Waals surface area contributed by atoms with E-state index in [9.17, 15) is 10.1 Å². The molecule has 0 radical (unpaired) electrons. The van der Waals surface area contributed by atoms with E-state index in [4.69, 9.17) is 15.5 Å². The van der Waals surface area contributed by atoms with E-state index in [0.717, 1.165) is 21.5 Å². The zero-order chi connectivity index (χ0) is 19.3. The lowest BCUT2D eigenvalue weighted by Gasteiger charge is -2.10. The van der Waals surface area contributed by atoms with Crippen molar-refractivity contribution in [1.29, 1.82) is 0 Å². The largest absolute Gasteiger partial charge is 0.281 e. The van der Waals surface area contributed by atoms with Crippen LogP contribution in [0.2, 0.25) is 0 Å². The van der Waals surface area contributed by atoms with Crippen LogP contribution < -0.4 is 0 Å². The number of nitro groups is 1. The van der Waals surface area contributed by atoms with E-state index in [0.29, 0.717) is 22.1 Å². The Labute approximate surface area is 156 Å². The van der Waals surface area contributed by atoms with Crippen LogP contribution in [-0.4, -0.2) is 14.9 Å². The quantitative estimate of drug-likeness (QED) is 0.0730. The van der Waals surface area contributed by atoms with Gasteiger partial charge >= 0.3 is 0 Å². The zero-order valence-electron chi connectivity index (χ0n) is 14.3. The van der Waals surface area contributed by atoms with Gasteiger partial charge in [-0.25, -0.2) is 9.97 Å². The van der Waals surface area contributed by atoms with E-state index in [1.807, 2.05) is 48.5 Å². The number of rotatable bonds is 2. The molecular weight excluding hydrogens is 356 g/mol. The zero-order valence-corrected chi connectivity index (χ0v) is 14.3. The number of aromatic nitrogens is 2. The Balaban J connectivity index is 2.02. The molecule has 0 N–H and O–H groups in total. The summed E-state index contributed by atoms with van der Waals surface area (Å²) >= 11 is 0. The number of nitrogens with zero attached hydrogens (tertiary/aromatic N) is 6. The minimum Gasteiger partial charge on any atom is -0.258 e. The topological polar surface area (TPSA) is 118 Å². The lowest BCUT2D eigenvalue weighted by Crippen LogP contribution is -1.94. The Morgan fingerprint density at radius 2 is 1.36 bits per heavy atom. The average molecular weight is 366 g/mol. The summed E-state index contributed by atoms with van der Waals surface area (Å²) in [5.74, 6) is 0. The van der Waals surface area contributed by atoms with Crippen LogP contribution in [0.15, 0.2) is 65.8 Å². The summed E-state index contributed by atoms with van der Waals surface area (Å²) in [7, 11) is 0. The maximum atomic E-state index is 11.4. The molecule has 0 atom stereocenters. The normalized spacial score (nSPS) is 11.1. The lowest BCUT2D eigenvalue weighted by molar-refractivity contribution is -0.383. The Kier molecular flexibility index (Phi) is 3.34. The molecule has 0 aliphatic rings. The number of benzene rings is 4. The molecule has 4 aromatic carbocycles. The van der Waals surface area contributed by atoms with Crippen molar-refractivity contribution in [3.05, 3.63) is 81.2 Å². The van der Waals surface area contributed by atoms with Crippen LogP contribution in [0.3, 0.4) is 0 Å². The van der Waals surface area contributed by atoms with Gasteiger partial charge in [0.2, 0.25) is 0 Å². The Morgan fingerprint density at radius 1 is 0.857 bits per heavy atom. The van der Waals surface area contributed by atoms with Crippen LogP contribution in [0.1, 0.15) is 0 Å². The summed E-state index contributed by atoms with van der Waals surface area (Å²) < 4.78 is 0. The second-order valence-electron chi connectivity index (χ2n) is 6.29. The molecule has 1 heterocycles. The molecule has 8 heteroatoms. The highest BCUT2D eigenvalue weighted by molar-refractivity contribution is 6.23.